The van der Waals surface area contributed by atoms with Crippen LogP contribution in [0.2, 0.25) is 5.02 Å². The summed E-state index contributed by atoms with van der Waals surface area (Å²) < 4.78 is 6.93. The maximum absolute atomic E-state index is 11.9. The number of likely N-dealkylation sites (tertiary alicyclic amines) is 1. The topological polar surface area (TPSA) is 38.4 Å². The Morgan fingerprint density at radius 3 is 3.11 bits per heavy atom. The molecular weight excluding hydrogens is 264 g/mol. The van der Waals surface area contributed by atoms with Gasteiger partial charge in [0.1, 0.15) is 0 Å². The molecule has 4 nitrogen and oxygen atoms in total. The molecule has 102 valence electrons. The molecule has 1 aromatic carbocycles. The van der Waals surface area contributed by atoms with E-state index in [4.69, 9.17) is 16.0 Å². The molecule has 1 aliphatic rings. The van der Waals surface area contributed by atoms with Crippen LogP contribution in [0, 0.1) is 5.92 Å². The molecule has 0 radical (unpaired) electrons. The smallest absolute Gasteiger partial charge is 0.408 e. The summed E-state index contributed by atoms with van der Waals surface area (Å²) in [4.78, 5) is 14.2. The number of aromatic nitrogens is 1. The average Bonchev–Trinajstić information content (AvgIpc) is 2.65. The highest BCUT2D eigenvalue weighted by atomic mass is 35.5. The van der Waals surface area contributed by atoms with Gasteiger partial charge in [-0.3, -0.25) is 9.47 Å². The number of halogens is 1. The summed E-state index contributed by atoms with van der Waals surface area (Å²) in [5, 5.41) is 0.583. The zero-order valence-corrected chi connectivity index (χ0v) is 11.7. The van der Waals surface area contributed by atoms with E-state index < -0.39 is 0 Å². The highest BCUT2D eigenvalue weighted by molar-refractivity contribution is 6.31. The minimum absolute atomic E-state index is 0.310. The number of nitrogens with zero attached hydrogens (tertiary/aromatic N) is 2. The SMILES string of the molecule is CC1CCCN(Cn2c(=O)oc3cc(Cl)ccc32)C1. The third kappa shape index (κ3) is 2.55. The highest BCUT2D eigenvalue weighted by Gasteiger charge is 2.18. The molecule has 1 unspecified atom stereocenters. The predicted octanol–water partition coefficient (Wildman–Crippen LogP) is 2.94. The van der Waals surface area contributed by atoms with Crippen molar-refractivity contribution in [3.05, 3.63) is 33.8 Å². The van der Waals surface area contributed by atoms with Gasteiger partial charge in [0, 0.05) is 17.6 Å². The molecule has 0 N–H and O–H groups in total. The van der Waals surface area contributed by atoms with Crippen molar-refractivity contribution in [1.29, 1.82) is 0 Å². The van der Waals surface area contributed by atoms with Crippen molar-refractivity contribution in [3.63, 3.8) is 0 Å². The molecule has 1 aromatic heterocycles. The van der Waals surface area contributed by atoms with Crippen molar-refractivity contribution in [2.24, 2.45) is 5.92 Å². The number of oxazole rings is 1. The minimum Gasteiger partial charge on any atom is -0.408 e. The van der Waals surface area contributed by atoms with Crippen LogP contribution in [-0.4, -0.2) is 22.6 Å². The van der Waals surface area contributed by atoms with Crippen LogP contribution in [-0.2, 0) is 6.67 Å². The van der Waals surface area contributed by atoms with Gasteiger partial charge >= 0.3 is 5.76 Å². The number of fused-ring (bicyclic) bond motifs is 1. The fourth-order valence-electron chi connectivity index (χ4n) is 2.79. The van der Waals surface area contributed by atoms with Crippen LogP contribution in [0.4, 0.5) is 0 Å². The van der Waals surface area contributed by atoms with Crippen LogP contribution in [0.1, 0.15) is 19.8 Å². The minimum atomic E-state index is -0.310. The van der Waals surface area contributed by atoms with Gasteiger partial charge < -0.3 is 4.42 Å². The molecule has 1 atom stereocenters. The van der Waals surface area contributed by atoms with E-state index in [0.717, 1.165) is 18.6 Å². The summed E-state index contributed by atoms with van der Waals surface area (Å²) in [5.41, 5.74) is 1.37. The van der Waals surface area contributed by atoms with Gasteiger partial charge in [-0.1, -0.05) is 18.5 Å². The summed E-state index contributed by atoms with van der Waals surface area (Å²) in [6.45, 7) is 4.92. The fraction of sp³-hybridized carbons (Fsp3) is 0.500. The highest BCUT2D eigenvalue weighted by Crippen LogP contribution is 2.20. The normalized spacial score (nSPS) is 21.1. The van der Waals surface area contributed by atoms with E-state index in [1.54, 1.807) is 16.7 Å². The maximum Gasteiger partial charge on any atom is 0.421 e. The van der Waals surface area contributed by atoms with Crippen molar-refractivity contribution >= 4 is 22.7 Å². The van der Waals surface area contributed by atoms with Crippen molar-refractivity contribution < 1.29 is 4.42 Å². The molecule has 5 heteroatoms. The van der Waals surface area contributed by atoms with Gasteiger partial charge in [-0.15, -0.1) is 0 Å². The second-order valence-corrected chi connectivity index (χ2v) is 5.81. The largest absolute Gasteiger partial charge is 0.421 e. The number of piperidine rings is 1. The third-order valence-electron chi connectivity index (χ3n) is 3.71. The fourth-order valence-corrected chi connectivity index (χ4v) is 2.95. The van der Waals surface area contributed by atoms with Crippen LogP contribution >= 0.6 is 11.6 Å². The lowest BCUT2D eigenvalue weighted by atomic mass is 10.0. The quantitative estimate of drug-likeness (QED) is 0.849. The summed E-state index contributed by atoms with van der Waals surface area (Å²) in [6.07, 6.45) is 2.46. The monoisotopic (exact) mass is 280 g/mol. The van der Waals surface area contributed by atoms with Crippen LogP contribution in [0.15, 0.2) is 27.4 Å². The van der Waals surface area contributed by atoms with Crippen LogP contribution in [0.5, 0.6) is 0 Å². The molecule has 0 spiro atoms. The predicted molar refractivity (Wildman–Crippen MR) is 75.5 cm³/mol. The first kappa shape index (κ1) is 12.8. The average molecular weight is 281 g/mol. The van der Waals surface area contributed by atoms with E-state index in [1.807, 2.05) is 6.07 Å². The van der Waals surface area contributed by atoms with Crippen molar-refractivity contribution in [2.45, 2.75) is 26.4 Å². The molecule has 0 saturated carbocycles. The Balaban J connectivity index is 1.92. The Labute approximate surface area is 116 Å². The van der Waals surface area contributed by atoms with E-state index >= 15 is 0 Å². The lowest BCUT2D eigenvalue weighted by molar-refractivity contribution is 0.143. The number of rotatable bonds is 2. The van der Waals surface area contributed by atoms with Crippen molar-refractivity contribution in [1.82, 2.24) is 9.47 Å². The molecular formula is C14H17ClN2O2. The summed E-state index contributed by atoms with van der Waals surface area (Å²) >= 11 is 5.91. The summed E-state index contributed by atoms with van der Waals surface area (Å²) in [7, 11) is 0. The van der Waals surface area contributed by atoms with E-state index in [9.17, 15) is 4.79 Å². The molecule has 2 aromatic rings. The van der Waals surface area contributed by atoms with E-state index in [2.05, 4.69) is 11.8 Å². The number of hydrogen-bond acceptors (Lipinski definition) is 3. The zero-order chi connectivity index (χ0) is 13.4. The van der Waals surface area contributed by atoms with Crippen molar-refractivity contribution in [2.75, 3.05) is 13.1 Å². The standard InChI is InChI=1S/C14H17ClN2O2/c1-10-3-2-6-16(8-10)9-17-12-5-4-11(15)7-13(12)19-14(17)18/h4-5,7,10H,2-3,6,8-9H2,1H3. The lowest BCUT2D eigenvalue weighted by Gasteiger charge is -2.30. The first-order chi connectivity index (χ1) is 9.13. The Morgan fingerprint density at radius 1 is 1.47 bits per heavy atom. The first-order valence-corrected chi connectivity index (χ1v) is 7.02. The summed E-state index contributed by atoms with van der Waals surface area (Å²) in [6, 6.07) is 5.32. The van der Waals surface area contributed by atoms with E-state index in [-0.39, 0.29) is 5.76 Å². The Bertz CT molecular complexity index is 646. The van der Waals surface area contributed by atoms with Crippen LogP contribution in [0.25, 0.3) is 11.1 Å². The Kier molecular flexibility index (Phi) is 3.37. The number of hydrogen-bond donors (Lipinski definition) is 0. The molecule has 1 fully saturated rings. The van der Waals surface area contributed by atoms with Gasteiger partial charge in [-0.05, 0) is 37.4 Å². The summed E-state index contributed by atoms with van der Waals surface area (Å²) in [5.74, 6) is 0.382. The lowest BCUT2D eigenvalue weighted by Crippen LogP contribution is -2.37. The van der Waals surface area contributed by atoms with E-state index in [0.29, 0.717) is 23.2 Å². The first-order valence-electron chi connectivity index (χ1n) is 6.65. The molecule has 2 heterocycles. The molecule has 0 bridgehead atoms. The van der Waals surface area contributed by atoms with E-state index in [1.165, 1.54) is 12.8 Å². The van der Waals surface area contributed by atoms with Gasteiger partial charge in [-0.2, -0.15) is 0 Å². The molecule has 19 heavy (non-hydrogen) atoms. The Morgan fingerprint density at radius 2 is 2.32 bits per heavy atom. The Hall–Kier alpha value is -1.26. The molecule has 3 rings (SSSR count). The molecule has 1 saturated heterocycles. The van der Waals surface area contributed by atoms with Crippen molar-refractivity contribution in [3.8, 4) is 0 Å². The van der Waals surface area contributed by atoms with Gasteiger partial charge in [0.25, 0.3) is 0 Å². The number of benzene rings is 1. The van der Waals surface area contributed by atoms with Crippen LogP contribution in [0.3, 0.4) is 0 Å². The van der Waals surface area contributed by atoms with Crippen LogP contribution < -0.4 is 5.76 Å². The van der Waals surface area contributed by atoms with Gasteiger partial charge in [0.05, 0.1) is 12.2 Å². The molecule has 0 amide bonds. The zero-order valence-electron chi connectivity index (χ0n) is 10.9. The van der Waals surface area contributed by atoms with Gasteiger partial charge in [0.15, 0.2) is 5.58 Å². The third-order valence-corrected chi connectivity index (χ3v) is 3.95. The molecule has 0 aliphatic carbocycles. The second-order valence-electron chi connectivity index (χ2n) is 5.37. The van der Waals surface area contributed by atoms with Gasteiger partial charge in [-0.25, -0.2) is 4.79 Å². The van der Waals surface area contributed by atoms with Gasteiger partial charge in [0.2, 0.25) is 0 Å². The molecule has 1 aliphatic heterocycles. The second kappa shape index (κ2) is 5.02. The maximum atomic E-state index is 11.9.